The molecule has 1 aromatic rings. The van der Waals surface area contributed by atoms with Gasteiger partial charge >= 0.3 is 0 Å². The van der Waals surface area contributed by atoms with Gasteiger partial charge in [-0.3, -0.25) is 0 Å². The first-order valence-corrected chi connectivity index (χ1v) is 7.62. The van der Waals surface area contributed by atoms with Crippen molar-refractivity contribution in [2.24, 2.45) is 17.6 Å². The lowest BCUT2D eigenvalue weighted by molar-refractivity contribution is 0.320. The normalized spacial score (nSPS) is 27.6. The maximum atomic E-state index is 13.8. The molecule has 0 radical (unpaired) electrons. The highest BCUT2D eigenvalue weighted by Crippen LogP contribution is 2.34. The summed E-state index contributed by atoms with van der Waals surface area (Å²) in [6.45, 7) is 4.50. The van der Waals surface area contributed by atoms with E-state index in [1.54, 1.807) is 0 Å². The molecule has 20 heavy (non-hydrogen) atoms. The summed E-state index contributed by atoms with van der Waals surface area (Å²) < 4.78 is 27.0. The number of halogens is 2. The third-order valence-corrected chi connectivity index (χ3v) is 4.76. The van der Waals surface area contributed by atoms with Crippen molar-refractivity contribution < 1.29 is 8.78 Å². The Morgan fingerprint density at radius 2 is 2.00 bits per heavy atom. The number of benzene rings is 1. The average molecular weight is 281 g/mol. The van der Waals surface area contributed by atoms with E-state index in [1.165, 1.54) is 18.6 Å². The van der Waals surface area contributed by atoms with Gasteiger partial charge in [0.15, 0.2) is 0 Å². The van der Waals surface area contributed by atoms with E-state index in [2.05, 4.69) is 13.8 Å². The predicted octanol–water partition coefficient (Wildman–Crippen LogP) is 4.44. The quantitative estimate of drug-likeness (QED) is 0.814. The maximum Gasteiger partial charge on any atom is 0.126 e. The molecule has 1 aliphatic rings. The monoisotopic (exact) mass is 281 g/mol. The molecular formula is C17H25F2N. The number of nitrogens with two attached hydrogens (primary N) is 1. The van der Waals surface area contributed by atoms with Crippen molar-refractivity contribution in [2.75, 3.05) is 0 Å². The molecule has 0 spiro atoms. The van der Waals surface area contributed by atoms with E-state index in [0.29, 0.717) is 23.8 Å². The van der Waals surface area contributed by atoms with E-state index in [0.717, 1.165) is 31.7 Å². The van der Waals surface area contributed by atoms with Crippen LogP contribution < -0.4 is 5.73 Å². The van der Waals surface area contributed by atoms with Crippen molar-refractivity contribution in [1.29, 1.82) is 0 Å². The summed E-state index contributed by atoms with van der Waals surface area (Å²) >= 11 is 0. The van der Waals surface area contributed by atoms with Gasteiger partial charge in [-0.2, -0.15) is 0 Å². The fourth-order valence-electron chi connectivity index (χ4n) is 3.36. The van der Waals surface area contributed by atoms with Gasteiger partial charge in [-0.05, 0) is 61.3 Å². The van der Waals surface area contributed by atoms with E-state index in [9.17, 15) is 8.78 Å². The zero-order valence-electron chi connectivity index (χ0n) is 12.5. The minimum absolute atomic E-state index is 0.346. The van der Waals surface area contributed by atoms with Crippen LogP contribution in [0.15, 0.2) is 18.2 Å². The van der Waals surface area contributed by atoms with Gasteiger partial charge in [-0.15, -0.1) is 0 Å². The second-order valence-electron chi connectivity index (χ2n) is 6.71. The van der Waals surface area contributed by atoms with E-state index in [-0.39, 0.29) is 5.82 Å². The molecule has 0 aliphatic heterocycles. The molecule has 1 fully saturated rings. The van der Waals surface area contributed by atoms with Crippen LogP contribution in [-0.2, 0) is 6.42 Å². The first kappa shape index (κ1) is 15.4. The van der Waals surface area contributed by atoms with Gasteiger partial charge in [-0.1, -0.05) is 26.7 Å². The largest absolute Gasteiger partial charge is 0.325 e. The third kappa shape index (κ3) is 3.78. The Labute approximate surface area is 120 Å². The second kappa shape index (κ2) is 6.21. The fourth-order valence-corrected chi connectivity index (χ4v) is 3.36. The zero-order valence-corrected chi connectivity index (χ0v) is 12.5. The van der Waals surface area contributed by atoms with E-state index in [1.807, 2.05) is 0 Å². The molecule has 2 rings (SSSR count). The van der Waals surface area contributed by atoms with Gasteiger partial charge in [0, 0.05) is 5.54 Å². The first-order valence-electron chi connectivity index (χ1n) is 7.62. The second-order valence-corrected chi connectivity index (χ2v) is 6.71. The molecule has 1 saturated carbocycles. The van der Waals surface area contributed by atoms with Crippen molar-refractivity contribution >= 4 is 0 Å². The molecule has 0 saturated heterocycles. The lowest BCUT2D eigenvalue weighted by Crippen LogP contribution is -2.41. The lowest BCUT2D eigenvalue weighted by Gasteiger charge is -2.29. The SMILES string of the molecule is CC(C)C1CCCC(N)(Cc2cc(F)ccc2F)CC1. The Kier molecular flexibility index (Phi) is 4.79. The minimum Gasteiger partial charge on any atom is -0.325 e. The lowest BCUT2D eigenvalue weighted by atomic mass is 9.83. The molecule has 0 aromatic heterocycles. The number of rotatable bonds is 3. The predicted molar refractivity (Wildman–Crippen MR) is 78.4 cm³/mol. The van der Waals surface area contributed by atoms with Crippen LogP contribution in [0.1, 0.15) is 51.5 Å². The smallest absolute Gasteiger partial charge is 0.126 e. The molecule has 0 heterocycles. The van der Waals surface area contributed by atoms with Crippen LogP contribution in [0.4, 0.5) is 8.78 Å². The maximum absolute atomic E-state index is 13.8. The highest BCUT2D eigenvalue weighted by atomic mass is 19.1. The Morgan fingerprint density at radius 3 is 2.70 bits per heavy atom. The van der Waals surface area contributed by atoms with Crippen LogP contribution in [0.5, 0.6) is 0 Å². The van der Waals surface area contributed by atoms with Crippen molar-refractivity contribution in [1.82, 2.24) is 0 Å². The summed E-state index contributed by atoms with van der Waals surface area (Å²) in [6, 6.07) is 3.64. The van der Waals surface area contributed by atoms with Gasteiger partial charge in [-0.25, -0.2) is 8.78 Å². The highest BCUT2D eigenvalue weighted by molar-refractivity contribution is 5.21. The summed E-state index contributed by atoms with van der Waals surface area (Å²) in [5, 5.41) is 0. The number of hydrogen-bond donors (Lipinski definition) is 1. The van der Waals surface area contributed by atoms with Gasteiger partial charge in [0.25, 0.3) is 0 Å². The first-order chi connectivity index (χ1) is 9.39. The van der Waals surface area contributed by atoms with Gasteiger partial charge in [0.05, 0.1) is 0 Å². The molecule has 0 bridgehead atoms. The summed E-state index contributed by atoms with van der Waals surface area (Å²) in [5.74, 6) is 0.639. The third-order valence-electron chi connectivity index (χ3n) is 4.76. The van der Waals surface area contributed by atoms with Crippen LogP contribution in [-0.4, -0.2) is 5.54 Å². The van der Waals surface area contributed by atoms with E-state index >= 15 is 0 Å². The van der Waals surface area contributed by atoms with Crippen molar-refractivity contribution in [3.63, 3.8) is 0 Å². The van der Waals surface area contributed by atoms with Crippen LogP contribution in [0.2, 0.25) is 0 Å². The van der Waals surface area contributed by atoms with Crippen molar-refractivity contribution in [2.45, 2.75) is 57.9 Å². The number of hydrogen-bond acceptors (Lipinski definition) is 1. The summed E-state index contributed by atoms with van der Waals surface area (Å²) in [5.41, 5.74) is 6.51. The molecule has 1 nitrogen and oxygen atoms in total. The standard InChI is InChI=1S/C17H25F2N/c1-12(2)13-4-3-8-17(20,9-7-13)11-14-10-15(18)5-6-16(14)19/h5-6,10,12-13H,3-4,7-9,11,20H2,1-2H3. The fraction of sp³-hybridized carbons (Fsp3) is 0.647. The molecule has 112 valence electrons. The topological polar surface area (TPSA) is 26.0 Å². The van der Waals surface area contributed by atoms with Crippen LogP contribution in [0, 0.1) is 23.5 Å². The highest BCUT2D eigenvalue weighted by Gasteiger charge is 2.31. The average Bonchev–Trinajstić information content (AvgIpc) is 2.56. The summed E-state index contributed by atoms with van der Waals surface area (Å²) in [4.78, 5) is 0. The zero-order chi connectivity index (χ0) is 14.8. The van der Waals surface area contributed by atoms with Gasteiger partial charge < -0.3 is 5.73 Å². The van der Waals surface area contributed by atoms with Crippen molar-refractivity contribution in [3.05, 3.63) is 35.4 Å². The van der Waals surface area contributed by atoms with Gasteiger partial charge in [0.1, 0.15) is 11.6 Å². The molecule has 3 heteroatoms. The minimum atomic E-state index is -0.391. The Hall–Kier alpha value is -0.960. The van der Waals surface area contributed by atoms with Crippen LogP contribution >= 0.6 is 0 Å². The van der Waals surface area contributed by atoms with E-state index in [4.69, 9.17) is 5.73 Å². The molecule has 0 amide bonds. The Bertz CT molecular complexity index is 458. The molecule has 2 unspecified atom stereocenters. The van der Waals surface area contributed by atoms with Crippen LogP contribution in [0.25, 0.3) is 0 Å². The Balaban J connectivity index is 2.09. The molecular weight excluding hydrogens is 256 g/mol. The van der Waals surface area contributed by atoms with Gasteiger partial charge in [0.2, 0.25) is 0 Å². The summed E-state index contributed by atoms with van der Waals surface area (Å²) in [7, 11) is 0. The molecule has 2 atom stereocenters. The van der Waals surface area contributed by atoms with Crippen molar-refractivity contribution in [3.8, 4) is 0 Å². The van der Waals surface area contributed by atoms with E-state index < -0.39 is 11.4 Å². The summed E-state index contributed by atoms with van der Waals surface area (Å²) in [6.07, 6.45) is 5.59. The van der Waals surface area contributed by atoms with Crippen LogP contribution in [0.3, 0.4) is 0 Å². The molecule has 1 aromatic carbocycles. The Morgan fingerprint density at radius 1 is 1.25 bits per heavy atom. The molecule has 2 N–H and O–H groups in total. The molecule has 1 aliphatic carbocycles.